The number of nitrogens with zero attached hydrogens (tertiary/aromatic N) is 4. The van der Waals surface area contributed by atoms with Crippen molar-refractivity contribution < 1.29 is 4.74 Å². The van der Waals surface area contributed by atoms with Crippen LogP contribution in [0.1, 0.15) is 12.8 Å². The molecule has 1 fully saturated rings. The van der Waals surface area contributed by atoms with Crippen molar-refractivity contribution in [3.63, 3.8) is 0 Å². The van der Waals surface area contributed by atoms with Gasteiger partial charge in [0.1, 0.15) is 5.52 Å². The summed E-state index contributed by atoms with van der Waals surface area (Å²) >= 11 is 0. The molecule has 0 saturated carbocycles. The van der Waals surface area contributed by atoms with E-state index in [4.69, 9.17) is 4.74 Å². The Hall–Kier alpha value is -1.66. The van der Waals surface area contributed by atoms with E-state index in [1.807, 2.05) is 30.2 Å². The second kappa shape index (κ2) is 6.41. The first-order chi connectivity index (χ1) is 10.3. The Kier molecular flexibility index (Phi) is 4.36. The minimum atomic E-state index is 0.530. The van der Waals surface area contributed by atoms with Gasteiger partial charge >= 0.3 is 0 Å². The first kappa shape index (κ1) is 14.3. The maximum Gasteiger partial charge on any atom is 0.156 e. The predicted molar refractivity (Wildman–Crippen MR) is 83.6 cm³/mol. The third-order valence-electron chi connectivity index (χ3n) is 4.09. The molecule has 1 atom stereocenters. The van der Waals surface area contributed by atoms with E-state index in [2.05, 4.69) is 20.2 Å². The molecule has 1 unspecified atom stereocenters. The lowest BCUT2D eigenvalue weighted by molar-refractivity contribution is 0.204. The highest BCUT2D eigenvalue weighted by Gasteiger charge is 2.21. The Morgan fingerprint density at radius 1 is 1.48 bits per heavy atom. The first-order valence-corrected chi connectivity index (χ1v) is 7.53. The van der Waals surface area contributed by atoms with Gasteiger partial charge in [0.05, 0.1) is 18.5 Å². The fourth-order valence-electron chi connectivity index (χ4n) is 2.94. The number of nitrogens with one attached hydrogen (secondary N) is 1. The molecule has 0 radical (unpaired) electrons. The van der Waals surface area contributed by atoms with Crippen LogP contribution in [0.4, 0.5) is 5.82 Å². The van der Waals surface area contributed by atoms with Crippen molar-refractivity contribution in [1.82, 2.24) is 19.9 Å². The molecule has 1 aliphatic rings. The molecule has 1 N–H and O–H groups in total. The monoisotopic (exact) mass is 289 g/mol. The van der Waals surface area contributed by atoms with E-state index < -0.39 is 0 Å². The van der Waals surface area contributed by atoms with Crippen LogP contribution >= 0.6 is 0 Å². The number of fused-ring (bicyclic) bond motifs is 1. The summed E-state index contributed by atoms with van der Waals surface area (Å²) in [4.78, 5) is 11.4. The van der Waals surface area contributed by atoms with Crippen LogP contribution < -0.4 is 10.2 Å². The summed E-state index contributed by atoms with van der Waals surface area (Å²) in [5, 5.41) is 3.55. The van der Waals surface area contributed by atoms with Crippen molar-refractivity contribution in [3.8, 4) is 0 Å². The smallest absolute Gasteiger partial charge is 0.156 e. The number of aromatic nitrogens is 3. The van der Waals surface area contributed by atoms with Gasteiger partial charge < -0.3 is 19.5 Å². The number of methoxy groups -OCH3 is 1. The summed E-state index contributed by atoms with van der Waals surface area (Å²) in [6.45, 7) is 3.59. The van der Waals surface area contributed by atoms with Crippen molar-refractivity contribution in [1.29, 1.82) is 0 Å². The number of anilines is 1. The number of rotatable bonds is 6. The van der Waals surface area contributed by atoms with E-state index in [1.165, 1.54) is 12.8 Å². The second-order valence-electron chi connectivity index (χ2n) is 5.59. The third kappa shape index (κ3) is 3.01. The Morgan fingerprint density at radius 2 is 2.38 bits per heavy atom. The van der Waals surface area contributed by atoms with Crippen molar-refractivity contribution in [3.05, 3.63) is 18.6 Å². The largest absolute Gasteiger partial charge is 0.383 e. The molecule has 21 heavy (non-hydrogen) atoms. The molecule has 0 amide bonds. The van der Waals surface area contributed by atoms with Gasteiger partial charge in [-0.15, -0.1) is 0 Å². The molecule has 0 aromatic carbocycles. The third-order valence-corrected chi connectivity index (χ3v) is 4.09. The summed E-state index contributed by atoms with van der Waals surface area (Å²) in [7, 11) is 3.75. The van der Waals surface area contributed by atoms with Crippen LogP contribution in [-0.2, 0) is 11.8 Å². The zero-order chi connectivity index (χ0) is 14.7. The minimum absolute atomic E-state index is 0.530. The van der Waals surface area contributed by atoms with Gasteiger partial charge in [0, 0.05) is 39.5 Å². The van der Waals surface area contributed by atoms with Crippen LogP contribution in [0.3, 0.4) is 0 Å². The molecule has 3 heterocycles. The van der Waals surface area contributed by atoms with Gasteiger partial charge in [0.2, 0.25) is 0 Å². The van der Waals surface area contributed by atoms with E-state index in [0.717, 1.165) is 36.5 Å². The molecule has 0 spiro atoms. The Bertz CT molecular complexity index is 591. The van der Waals surface area contributed by atoms with E-state index in [9.17, 15) is 0 Å². The fourth-order valence-corrected chi connectivity index (χ4v) is 2.94. The number of pyridine rings is 1. The lowest BCUT2D eigenvalue weighted by atomic mass is 10.2. The van der Waals surface area contributed by atoms with Crippen molar-refractivity contribution in [2.24, 2.45) is 7.05 Å². The zero-order valence-corrected chi connectivity index (χ0v) is 12.7. The number of hydrogen-bond acceptors (Lipinski definition) is 5. The molecule has 1 saturated heterocycles. The highest BCUT2D eigenvalue weighted by molar-refractivity contribution is 5.86. The van der Waals surface area contributed by atoms with E-state index in [-0.39, 0.29) is 0 Å². The van der Waals surface area contributed by atoms with Gasteiger partial charge in [0.25, 0.3) is 0 Å². The summed E-state index contributed by atoms with van der Waals surface area (Å²) in [5.41, 5.74) is 2.08. The summed E-state index contributed by atoms with van der Waals surface area (Å²) in [5.74, 6) is 0.957. The Labute approximate surface area is 125 Å². The van der Waals surface area contributed by atoms with Crippen LogP contribution in [0.25, 0.3) is 11.0 Å². The van der Waals surface area contributed by atoms with E-state index >= 15 is 0 Å². The predicted octanol–water partition coefficient (Wildman–Crippen LogP) is 1.17. The Morgan fingerprint density at radius 3 is 3.14 bits per heavy atom. The van der Waals surface area contributed by atoms with Gasteiger partial charge in [-0.05, 0) is 25.5 Å². The van der Waals surface area contributed by atoms with Crippen molar-refractivity contribution in [2.75, 3.05) is 38.3 Å². The maximum absolute atomic E-state index is 5.26. The van der Waals surface area contributed by atoms with E-state index in [1.54, 1.807) is 7.11 Å². The molecule has 2 aromatic rings. The van der Waals surface area contributed by atoms with Gasteiger partial charge in [-0.25, -0.2) is 9.97 Å². The summed E-state index contributed by atoms with van der Waals surface area (Å²) < 4.78 is 7.29. The number of ether oxygens (including phenoxy) is 1. The first-order valence-electron chi connectivity index (χ1n) is 7.53. The van der Waals surface area contributed by atoms with Crippen molar-refractivity contribution >= 4 is 16.9 Å². The zero-order valence-electron chi connectivity index (χ0n) is 12.7. The second-order valence-corrected chi connectivity index (χ2v) is 5.59. The molecule has 0 aliphatic carbocycles. The average Bonchev–Trinajstić information content (AvgIpc) is 3.14. The average molecular weight is 289 g/mol. The van der Waals surface area contributed by atoms with E-state index in [0.29, 0.717) is 12.6 Å². The van der Waals surface area contributed by atoms with Gasteiger partial charge in [-0.1, -0.05) is 0 Å². The van der Waals surface area contributed by atoms with Crippen LogP contribution in [-0.4, -0.2) is 53.9 Å². The topological polar surface area (TPSA) is 55.2 Å². The minimum Gasteiger partial charge on any atom is -0.383 e. The summed E-state index contributed by atoms with van der Waals surface area (Å²) in [6.07, 6.45) is 6.19. The lowest BCUT2D eigenvalue weighted by Crippen LogP contribution is -2.39. The molecule has 3 rings (SSSR count). The highest BCUT2D eigenvalue weighted by atomic mass is 16.5. The molecular formula is C15H23N5O. The number of hydrogen-bond donors (Lipinski definition) is 1. The fraction of sp³-hybridized carbons (Fsp3) is 0.600. The number of aryl methyl sites for hydroxylation is 1. The van der Waals surface area contributed by atoms with Gasteiger partial charge in [-0.3, -0.25) is 0 Å². The standard InChI is InChI=1S/C15H23N5O/c1-19-11-18-14-13(19)5-7-17-15(14)20(8-9-21-2)10-12-4-3-6-16-12/h5,7,11-12,16H,3-4,6,8-10H2,1-2H3. The molecule has 1 aliphatic heterocycles. The van der Waals surface area contributed by atoms with Crippen LogP contribution in [0.2, 0.25) is 0 Å². The molecule has 0 bridgehead atoms. The van der Waals surface area contributed by atoms with Crippen LogP contribution in [0.15, 0.2) is 18.6 Å². The highest BCUT2D eigenvalue weighted by Crippen LogP contribution is 2.23. The quantitative estimate of drug-likeness (QED) is 0.865. The van der Waals surface area contributed by atoms with Crippen molar-refractivity contribution in [2.45, 2.75) is 18.9 Å². The van der Waals surface area contributed by atoms with Crippen LogP contribution in [0.5, 0.6) is 0 Å². The number of imidazole rings is 1. The maximum atomic E-state index is 5.26. The molecule has 6 heteroatoms. The van der Waals surface area contributed by atoms with Gasteiger partial charge in [0.15, 0.2) is 5.82 Å². The molecule has 6 nitrogen and oxygen atoms in total. The molecular weight excluding hydrogens is 266 g/mol. The summed E-state index contributed by atoms with van der Waals surface area (Å²) in [6, 6.07) is 2.54. The molecule has 2 aromatic heterocycles. The van der Waals surface area contributed by atoms with Crippen LogP contribution in [0, 0.1) is 0 Å². The Balaban J connectivity index is 1.89. The SMILES string of the molecule is COCCN(CC1CCCN1)c1nccc2c1ncn2C. The molecule has 114 valence electrons. The lowest BCUT2D eigenvalue weighted by Gasteiger charge is -2.26. The normalized spacial score (nSPS) is 18.5. The van der Waals surface area contributed by atoms with Gasteiger partial charge in [-0.2, -0.15) is 0 Å².